The Morgan fingerprint density at radius 3 is 2.08 bits per heavy atom. The van der Waals surface area contributed by atoms with E-state index in [4.69, 9.17) is 30.5 Å². The lowest BCUT2D eigenvalue weighted by molar-refractivity contribution is -0.169. The number of hydrogen-bond donors (Lipinski definition) is 0. The van der Waals surface area contributed by atoms with Gasteiger partial charge in [-0.15, -0.1) is 11.6 Å². The van der Waals surface area contributed by atoms with E-state index in [1.54, 1.807) is 0 Å². The minimum absolute atomic E-state index is 0.0706. The summed E-state index contributed by atoms with van der Waals surface area (Å²) in [5, 5.41) is 0. The molecule has 0 aliphatic carbocycles. The molecule has 0 bridgehead atoms. The summed E-state index contributed by atoms with van der Waals surface area (Å²) in [6.07, 6.45) is 3.97. The second kappa shape index (κ2) is 14.8. The molecule has 4 rings (SSSR count). The van der Waals surface area contributed by atoms with Crippen molar-refractivity contribution in [3.05, 3.63) is 102 Å². The van der Waals surface area contributed by atoms with E-state index in [-0.39, 0.29) is 6.29 Å². The molecule has 0 radical (unpaired) electrons. The van der Waals surface area contributed by atoms with Crippen molar-refractivity contribution in [2.24, 2.45) is 0 Å². The molecule has 36 heavy (non-hydrogen) atoms. The number of halogens is 1. The van der Waals surface area contributed by atoms with E-state index >= 15 is 0 Å². The Hall–Kier alpha value is -2.63. The summed E-state index contributed by atoms with van der Waals surface area (Å²) in [5.41, 5.74) is 5.92. The van der Waals surface area contributed by atoms with E-state index in [0.29, 0.717) is 32.3 Å². The van der Waals surface area contributed by atoms with Crippen molar-refractivity contribution in [1.82, 2.24) is 0 Å². The van der Waals surface area contributed by atoms with Gasteiger partial charge in [-0.05, 0) is 65.7 Å². The maximum atomic E-state index is 6.25. The van der Waals surface area contributed by atoms with Gasteiger partial charge in [0.2, 0.25) is 0 Å². The average Bonchev–Trinajstić information content (AvgIpc) is 2.94. The van der Waals surface area contributed by atoms with Crippen LogP contribution in [0.5, 0.6) is 5.75 Å². The summed E-state index contributed by atoms with van der Waals surface area (Å²) in [4.78, 5) is 0. The molecule has 4 nitrogen and oxygen atoms in total. The van der Waals surface area contributed by atoms with Crippen molar-refractivity contribution in [3.63, 3.8) is 0 Å². The number of hydrogen-bond acceptors (Lipinski definition) is 4. The first-order valence-electron chi connectivity index (χ1n) is 12.8. The summed E-state index contributed by atoms with van der Waals surface area (Å²) in [6, 6.07) is 29.2. The molecule has 1 atom stereocenters. The van der Waals surface area contributed by atoms with Crippen LogP contribution >= 0.6 is 11.6 Å². The maximum Gasteiger partial charge on any atom is 0.157 e. The molecule has 1 fully saturated rings. The van der Waals surface area contributed by atoms with E-state index < -0.39 is 0 Å². The van der Waals surface area contributed by atoms with Crippen LogP contribution in [0.4, 0.5) is 0 Å². The van der Waals surface area contributed by atoms with Gasteiger partial charge in [0, 0.05) is 12.5 Å². The van der Waals surface area contributed by atoms with Crippen LogP contribution in [-0.4, -0.2) is 45.2 Å². The van der Waals surface area contributed by atoms with Gasteiger partial charge in [-0.25, -0.2) is 0 Å². The molecule has 0 spiro atoms. The number of rotatable bonds is 13. The molecule has 1 unspecified atom stereocenters. The largest absolute Gasteiger partial charge is 0.491 e. The van der Waals surface area contributed by atoms with Crippen molar-refractivity contribution in [3.8, 4) is 5.75 Å². The predicted molar refractivity (Wildman–Crippen MR) is 146 cm³/mol. The zero-order valence-corrected chi connectivity index (χ0v) is 21.5. The summed E-state index contributed by atoms with van der Waals surface area (Å²) < 4.78 is 22.8. The molecule has 0 N–H and O–H groups in total. The molecule has 190 valence electrons. The predicted octanol–water partition coefficient (Wildman–Crippen LogP) is 7.21. The third kappa shape index (κ3) is 7.94. The molecular weight excluding hydrogens is 472 g/mol. The summed E-state index contributed by atoms with van der Waals surface area (Å²) in [5.74, 6) is 1.38. The second-order valence-electron chi connectivity index (χ2n) is 8.68. The average molecular weight is 507 g/mol. The van der Waals surface area contributed by atoms with Crippen molar-refractivity contribution >= 4 is 22.7 Å². The van der Waals surface area contributed by atoms with Gasteiger partial charge in [-0.1, -0.05) is 72.8 Å². The highest BCUT2D eigenvalue weighted by Crippen LogP contribution is 2.35. The normalized spacial score (nSPS) is 16.4. The smallest absolute Gasteiger partial charge is 0.157 e. The maximum absolute atomic E-state index is 6.25. The van der Waals surface area contributed by atoms with E-state index in [1.807, 2.05) is 24.3 Å². The summed E-state index contributed by atoms with van der Waals surface area (Å²) in [7, 11) is 0. The van der Waals surface area contributed by atoms with Crippen molar-refractivity contribution in [1.29, 1.82) is 0 Å². The third-order valence-electron chi connectivity index (χ3n) is 6.14. The van der Waals surface area contributed by atoms with Crippen molar-refractivity contribution in [2.75, 3.05) is 38.9 Å². The van der Waals surface area contributed by atoms with Crippen LogP contribution in [-0.2, 0) is 14.2 Å². The van der Waals surface area contributed by atoms with E-state index in [9.17, 15) is 0 Å². The Kier molecular flexibility index (Phi) is 10.9. The molecule has 0 saturated carbocycles. The first kappa shape index (κ1) is 26.4. The van der Waals surface area contributed by atoms with Crippen molar-refractivity contribution < 1.29 is 18.9 Å². The van der Waals surface area contributed by atoms with Crippen LogP contribution in [0.25, 0.3) is 11.1 Å². The van der Waals surface area contributed by atoms with E-state index in [2.05, 4.69) is 60.7 Å². The standard InChI is InChI=1S/C31H35ClO4/c32-19-18-29(25-9-3-1-4-10-25)31(26-11-5-2-6-12-26)27-14-16-28(17-15-27)34-23-21-33-22-24-36-30-13-7-8-20-35-30/h1-6,9-12,14-17,30H,7-8,13,18-24H2/b31-29-. The number of ether oxygens (including phenoxy) is 4. The van der Waals surface area contributed by atoms with Gasteiger partial charge in [0.1, 0.15) is 12.4 Å². The topological polar surface area (TPSA) is 36.9 Å². The van der Waals surface area contributed by atoms with E-state index in [1.165, 1.54) is 28.7 Å². The first-order chi connectivity index (χ1) is 17.8. The molecule has 3 aromatic carbocycles. The lowest BCUT2D eigenvalue weighted by Gasteiger charge is -2.22. The van der Waals surface area contributed by atoms with Gasteiger partial charge < -0.3 is 18.9 Å². The monoisotopic (exact) mass is 506 g/mol. The minimum atomic E-state index is -0.0706. The van der Waals surface area contributed by atoms with Gasteiger partial charge in [-0.2, -0.15) is 0 Å². The highest BCUT2D eigenvalue weighted by Gasteiger charge is 2.15. The molecular formula is C31H35ClO4. The fraction of sp³-hybridized carbons (Fsp3) is 0.355. The van der Waals surface area contributed by atoms with Gasteiger partial charge in [0.25, 0.3) is 0 Å². The first-order valence-corrected chi connectivity index (χ1v) is 13.3. The zero-order chi connectivity index (χ0) is 24.8. The fourth-order valence-corrected chi connectivity index (χ4v) is 4.58. The van der Waals surface area contributed by atoms with Crippen LogP contribution in [0.3, 0.4) is 0 Å². The molecule has 3 aromatic rings. The van der Waals surface area contributed by atoms with Crippen LogP contribution in [0.15, 0.2) is 84.9 Å². The van der Waals surface area contributed by atoms with Crippen LogP contribution in [0, 0.1) is 0 Å². The number of benzene rings is 3. The molecule has 1 heterocycles. The molecule has 5 heteroatoms. The van der Waals surface area contributed by atoms with E-state index in [0.717, 1.165) is 37.2 Å². The molecule has 1 aliphatic heterocycles. The third-order valence-corrected chi connectivity index (χ3v) is 6.33. The molecule has 0 amide bonds. The minimum Gasteiger partial charge on any atom is -0.491 e. The Labute approximate surface area is 219 Å². The Bertz CT molecular complexity index is 1040. The Balaban J connectivity index is 1.37. The lowest BCUT2D eigenvalue weighted by Crippen LogP contribution is -2.24. The molecule has 1 aliphatic rings. The highest BCUT2D eigenvalue weighted by molar-refractivity contribution is 6.18. The van der Waals surface area contributed by atoms with Crippen molar-refractivity contribution in [2.45, 2.75) is 32.0 Å². The second-order valence-corrected chi connectivity index (χ2v) is 9.05. The van der Waals surface area contributed by atoms with Crippen LogP contribution in [0.2, 0.25) is 0 Å². The van der Waals surface area contributed by atoms with Gasteiger partial charge in [0.15, 0.2) is 6.29 Å². The van der Waals surface area contributed by atoms with Gasteiger partial charge >= 0.3 is 0 Å². The van der Waals surface area contributed by atoms with Crippen LogP contribution < -0.4 is 4.74 Å². The molecule has 0 aromatic heterocycles. The Morgan fingerprint density at radius 1 is 0.750 bits per heavy atom. The lowest BCUT2D eigenvalue weighted by atomic mass is 9.88. The Morgan fingerprint density at radius 2 is 1.42 bits per heavy atom. The quantitative estimate of drug-likeness (QED) is 0.139. The SMILES string of the molecule is ClCC/C(=C(\c1ccccc1)c1ccc(OCCOCCOC2CCCCO2)cc1)c1ccccc1. The summed E-state index contributed by atoms with van der Waals surface area (Å²) >= 11 is 6.25. The zero-order valence-electron chi connectivity index (χ0n) is 20.7. The number of allylic oxidation sites excluding steroid dienone is 1. The van der Waals surface area contributed by atoms with Crippen LogP contribution in [0.1, 0.15) is 42.4 Å². The fourth-order valence-electron chi connectivity index (χ4n) is 4.39. The van der Waals surface area contributed by atoms with Gasteiger partial charge in [0.05, 0.1) is 19.8 Å². The van der Waals surface area contributed by atoms with Gasteiger partial charge in [-0.3, -0.25) is 0 Å². The summed E-state index contributed by atoms with van der Waals surface area (Å²) in [6.45, 7) is 2.87. The highest BCUT2D eigenvalue weighted by atomic mass is 35.5. The molecule has 1 saturated heterocycles. The number of alkyl halides is 1.